The third kappa shape index (κ3) is 5.14. The first-order valence-electron chi connectivity index (χ1n) is 8.66. The second-order valence-corrected chi connectivity index (χ2v) is 6.14. The van der Waals surface area contributed by atoms with Crippen molar-refractivity contribution in [3.05, 3.63) is 72.6 Å². The molecular weight excluding hydrogens is 326 g/mol. The van der Waals surface area contributed by atoms with Gasteiger partial charge in [-0.1, -0.05) is 30.4 Å². The fraction of sp³-hybridized carbons (Fsp3) is 0.190. The van der Waals surface area contributed by atoms with Crippen molar-refractivity contribution in [1.29, 1.82) is 0 Å². The van der Waals surface area contributed by atoms with Crippen molar-refractivity contribution in [1.82, 2.24) is 4.98 Å². The number of benzene rings is 1. The molecule has 2 aromatic rings. The Hall–Kier alpha value is -3.21. The molecule has 1 aromatic heterocycles. The van der Waals surface area contributed by atoms with Crippen LogP contribution in [0.3, 0.4) is 0 Å². The van der Waals surface area contributed by atoms with Crippen LogP contribution < -0.4 is 10.6 Å². The second-order valence-electron chi connectivity index (χ2n) is 6.14. The molecule has 0 aliphatic heterocycles. The minimum Gasteiger partial charge on any atom is -0.324 e. The van der Waals surface area contributed by atoms with Crippen molar-refractivity contribution in [2.24, 2.45) is 5.92 Å². The molecule has 0 radical (unpaired) electrons. The monoisotopic (exact) mass is 347 g/mol. The predicted octanol–water partition coefficient (Wildman–Crippen LogP) is 4.03. The highest BCUT2D eigenvalue weighted by atomic mass is 16.2. The number of anilines is 2. The van der Waals surface area contributed by atoms with Crippen LogP contribution in [0.2, 0.25) is 0 Å². The highest BCUT2D eigenvalue weighted by Crippen LogP contribution is 2.24. The number of amides is 2. The van der Waals surface area contributed by atoms with Crippen LogP contribution in [-0.2, 0) is 9.59 Å². The van der Waals surface area contributed by atoms with Gasteiger partial charge in [0.05, 0.1) is 17.1 Å². The average Bonchev–Trinajstić information content (AvgIpc) is 3.15. The van der Waals surface area contributed by atoms with Gasteiger partial charge in [0.2, 0.25) is 11.8 Å². The molecule has 0 saturated heterocycles. The van der Waals surface area contributed by atoms with Gasteiger partial charge in [0.25, 0.3) is 0 Å². The summed E-state index contributed by atoms with van der Waals surface area (Å²) >= 11 is 0. The van der Waals surface area contributed by atoms with Crippen LogP contribution in [0.1, 0.15) is 25.0 Å². The second kappa shape index (κ2) is 8.76. The first kappa shape index (κ1) is 17.6. The van der Waals surface area contributed by atoms with Gasteiger partial charge in [0, 0.05) is 18.7 Å². The molecular formula is C21H21N3O2. The van der Waals surface area contributed by atoms with E-state index in [0.717, 1.165) is 12.8 Å². The average molecular weight is 347 g/mol. The third-order valence-electron chi connectivity index (χ3n) is 4.11. The quantitative estimate of drug-likeness (QED) is 0.612. The number of para-hydroxylation sites is 2. The van der Waals surface area contributed by atoms with Crippen LogP contribution in [0.25, 0.3) is 6.08 Å². The van der Waals surface area contributed by atoms with Gasteiger partial charge in [-0.3, -0.25) is 14.6 Å². The molecule has 1 aliphatic carbocycles. The summed E-state index contributed by atoms with van der Waals surface area (Å²) in [4.78, 5) is 28.5. The molecule has 1 aliphatic rings. The van der Waals surface area contributed by atoms with Gasteiger partial charge >= 0.3 is 0 Å². The number of pyridine rings is 1. The largest absolute Gasteiger partial charge is 0.324 e. The van der Waals surface area contributed by atoms with Crippen molar-refractivity contribution in [2.75, 3.05) is 10.6 Å². The fourth-order valence-electron chi connectivity index (χ4n) is 2.82. The van der Waals surface area contributed by atoms with Crippen molar-refractivity contribution in [3.63, 3.8) is 0 Å². The maximum Gasteiger partial charge on any atom is 0.248 e. The van der Waals surface area contributed by atoms with E-state index in [1.165, 1.54) is 6.08 Å². The molecule has 26 heavy (non-hydrogen) atoms. The Morgan fingerprint density at radius 3 is 2.54 bits per heavy atom. The number of carbonyl (C=O) groups is 2. The zero-order valence-electron chi connectivity index (χ0n) is 14.4. The molecule has 0 saturated carbocycles. The molecule has 132 valence electrons. The molecule has 1 heterocycles. The van der Waals surface area contributed by atoms with Gasteiger partial charge in [-0.05, 0) is 49.1 Å². The van der Waals surface area contributed by atoms with E-state index in [0.29, 0.717) is 29.4 Å². The van der Waals surface area contributed by atoms with E-state index in [1.54, 1.807) is 24.4 Å². The summed E-state index contributed by atoms with van der Waals surface area (Å²) in [5.74, 6) is -0.0265. The minimum absolute atomic E-state index is 0.0488. The lowest BCUT2D eigenvalue weighted by atomic mass is 10.0. The van der Waals surface area contributed by atoms with Crippen molar-refractivity contribution >= 4 is 29.3 Å². The van der Waals surface area contributed by atoms with Gasteiger partial charge in [-0.15, -0.1) is 0 Å². The van der Waals surface area contributed by atoms with Crippen molar-refractivity contribution < 1.29 is 9.59 Å². The van der Waals surface area contributed by atoms with Crippen molar-refractivity contribution in [2.45, 2.75) is 19.3 Å². The summed E-state index contributed by atoms with van der Waals surface area (Å²) in [6.45, 7) is 0. The molecule has 0 fully saturated rings. The van der Waals surface area contributed by atoms with Gasteiger partial charge < -0.3 is 10.6 Å². The molecule has 2 amide bonds. The van der Waals surface area contributed by atoms with E-state index in [1.807, 2.05) is 30.3 Å². The lowest BCUT2D eigenvalue weighted by Crippen LogP contribution is -2.17. The SMILES string of the molecule is O=C(/C=C/c1ccccn1)Nc1ccccc1NC(=O)C[C@@H]1C=CCC1. The number of aromatic nitrogens is 1. The van der Waals surface area contributed by atoms with Gasteiger partial charge in [-0.25, -0.2) is 0 Å². The highest BCUT2D eigenvalue weighted by Gasteiger charge is 2.15. The smallest absolute Gasteiger partial charge is 0.248 e. The van der Waals surface area contributed by atoms with Crippen molar-refractivity contribution in [3.8, 4) is 0 Å². The molecule has 2 N–H and O–H groups in total. The van der Waals surface area contributed by atoms with Crippen LogP contribution >= 0.6 is 0 Å². The summed E-state index contributed by atoms with van der Waals surface area (Å²) < 4.78 is 0. The Kier molecular flexibility index (Phi) is 5.93. The fourth-order valence-corrected chi connectivity index (χ4v) is 2.82. The summed E-state index contributed by atoms with van der Waals surface area (Å²) in [6.07, 6.45) is 11.4. The van der Waals surface area contributed by atoms with Crippen LogP contribution in [0.15, 0.2) is 66.9 Å². The van der Waals surface area contributed by atoms with E-state index in [-0.39, 0.29) is 11.8 Å². The normalized spacial score (nSPS) is 15.9. The number of allylic oxidation sites excluding steroid dienone is 2. The molecule has 5 heteroatoms. The Morgan fingerprint density at radius 2 is 1.85 bits per heavy atom. The number of rotatable bonds is 6. The van der Waals surface area contributed by atoms with Crippen LogP contribution in [-0.4, -0.2) is 16.8 Å². The lowest BCUT2D eigenvalue weighted by molar-refractivity contribution is -0.117. The maximum absolute atomic E-state index is 12.2. The number of hydrogen-bond donors (Lipinski definition) is 2. The number of carbonyl (C=O) groups excluding carboxylic acids is 2. The first-order valence-corrected chi connectivity index (χ1v) is 8.66. The molecule has 0 spiro atoms. The zero-order chi connectivity index (χ0) is 18.2. The lowest BCUT2D eigenvalue weighted by Gasteiger charge is -2.13. The topological polar surface area (TPSA) is 71.1 Å². The molecule has 1 atom stereocenters. The van der Waals surface area contributed by atoms with Crippen LogP contribution in [0.4, 0.5) is 11.4 Å². The number of nitrogens with zero attached hydrogens (tertiary/aromatic N) is 1. The number of hydrogen-bond acceptors (Lipinski definition) is 3. The summed E-state index contributed by atoms with van der Waals surface area (Å²) in [5, 5.41) is 5.69. The molecule has 5 nitrogen and oxygen atoms in total. The Morgan fingerprint density at radius 1 is 1.08 bits per heavy atom. The molecule has 0 unspecified atom stereocenters. The van der Waals surface area contributed by atoms with Gasteiger partial charge in [0.15, 0.2) is 0 Å². The zero-order valence-corrected chi connectivity index (χ0v) is 14.4. The minimum atomic E-state index is -0.281. The van der Waals surface area contributed by atoms with Gasteiger partial charge in [-0.2, -0.15) is 0 Å². The van der Waals surface area contributed by atoms with E-state index in [9.17, 15) is 9.59 Å². The molecule has 3 rings (SSSR count). The van der Waals surface area contributed by atoms with E-state index in [2.05, 4.69) is 27.8 Å². The van der Waals surface area contributed by atoms with Crippen LogP contribution in [0.5, 0.6) is 0 Å². The maximum atomic E-state index is 12.2. The van der Waals surface area contributed by atoms with E-state index < -0.39 is 0 Å². The number of nitrogens with one attached hydrogen (secondary N) is 2. The Labute approximate surface area is 152 Å². The summed E-state index contributed by atoms with van der Waals surface area (Å²) in [7, 11) is 0. The van der Waals surface area contributed by atoms with E-state index >= 15 is 0 Å². The van der Waals surface area contributed by atoms with E-state index in [4.69, 9.17) is 0 Å². The Bertz CT molecular complexity index is 828. The third-order valence-corrected chi connectivity index (χ3v) is 4.11. The van der Waals surface area contributed by atoms with Crippen LogP contribution in [0, 0.1) is 5.92 Å². The summed E-state index contributed by atoms with van der Waals surface area (Å²) in [6, 6.07) is 12.7. The standard InChI is InChI=1S/C21H21N3O2/c25-20(13-12-17-9-5-6-14-22-17)23-18-10-3-4-11-19(18)24-21(26)15-16-7-1-2-8-16/h1,3-7,9-14,16H,2,8,15H2,(H,23,25)(H,24,26)/b13-12+/t16-/m1/s1. The van der Waals surface area contributed by atoms with Gasteiger partial charge in [0.1, 0.15) is 0 Å². The summed E-state index contributed by atoms with van der Waals surface area (Å²) in [5.41, 5.74) is 1.87. The predicted molar refractivity (Wildman–Crippen MR) is 103 cm³/mol. The first-order chi connectivity index (χ1) is 12.7. The molecule has 1 aromatic carbocycles. The highest BCUT2D eigenvalue weighted by molar-refractivity contribution is 6.05. The Balaban J connectivity index is 1.61. The molecule has 0 bridgehead atoms.